The van der Waals surface area contributed by atoms with E-state index < -0.39 is 0 Å². The molecule has 4 fully saturated rings. The van der Waals surface area contributed by atoms with Crippen molar-refractivity contribution in [3.05, 3.63) is 43.8 Å². The van der Waals surface area contributed by atoms with Crippen molar-refractivity contribution >= 4 is 34.1 Å². The molecule has 160 valence electrons. The summed E-state index contributed by atoms with van der Waals surface area (Å²) < 4.78 is 0. The summed E-state index contributed by atoms with van der Waals surface area (Å²) in [5, 5.41) is 27.2. The lowest BCUT2D eigenvalue weighted by Crippen LogP contribution is -2.53. The van der Waals surface area contributed by atoms with Crippen LogP contribution in [-0.2, 0) is 0 Å². The molecule has 0 amide bonds. The minimum atomic E-state index is 0.218. The Labute approximate surface area is 186 Å². The van der Waals surface area contributed by atoms with Gasteiger partial charge in [-0.2, -0.15) is 0 Å². The van der Waals surface area contributed by atoms with Crippen molar-refractivity contribution < 1.29 is 10.4 Å². The fourth-order valence-corrected chi connectivity index (χ4v) is 9.00. The summed E-state index contributed by atoms with van der Waals surface area (Å²) in [4.78, 5) is 4.71. The molecule has 4 aliphatic carbocycles. The summed E-state index contributed by atoms with van der Waals surface area (Å²) in [5.74, 6) is 1.50. The van der Waals surface area contributed by atoms with Gasteiger partial charge < -0.3 is 10.4 Å². The minimum Gasteiger partial charge on any atom is -0.411 e. The molecule has 2 N–H and O–H groups in total. The number of rotatable bonds is 6. The van der Waals surface area contributed by atoms with E-state index in [4.69, 9.17) is 0 Å². The molecule has 0 aromatic carbocycles. The normalized spacial score (nSPS) is 33.4. The molecule has 2 heterocycles. The van der Waals surface area contributed by atoms with Crippen molar-refractivity contribution in [2.75, 3.05) is 0 Å². The van der Waals surface area contributed by atoms with Gasteiger partial charge in [0.1, 0.15) is 0 Å². The topological polar surface area (TPSA) is 65.2 Å². The number of thiophene rings is 2. The Kier molecular flexibility index (Phi) is 5.05. The van der Waals surface area contributed by atoms with Gasteiger partial charge in [0.05, 0.1) is 21.2 Å². The van der Waals surface area contributed by atoms with E-state index in [0.29, 0.717) is 0 Å². The summed E-state index contributed by atoms with van der Waals surface area (Å²) in [7, 11) is 0. The summed E-state index contributed by atoms with van der Waals surface area (Å²) in [5.41, 5.74) is 2.15. The van der Waals surface area contributed by atoms with Gasteiger partial charge in [0.15, 0.2) is 0 Å². The highest BCUT2D eigenvalue weighted by Gasteiger charge is 2.58. The third-order valence-electron chi connectivity index (χ3n) is 7.68. The molecule has 2 aromatic rings. The van der Waals surface area contributed by atoms with Crippen LogP contribution in [0, 0.1) is 36.5 Å². The lowest BCUT2D eigenvalue weighted by atomic mass is 9.42. The molecule has 6 rings (SSSR count). The first-order valence-electron chi connectivity index (χ1n) is 11.0. The van der Waals surface area contributed by atoms with Crippen molar-refractivity contribution in [1.82, 2.24) is 0 Å². The van der Waals surface area contributed by atoms with Crippen LogP contribution in [0.5, 0.6) is 0 Å². The lowest BCUT2D eigenvalue weighted by Gasteiger charge is -2.62. The third kappa shape index (κ3) is 3.62. The maximum atomic E-state index is 9.83. The molecule has 0 radical (unpaired) electrons. The number of nitrogens with zero attached hydrogens (tertiary/aromatic N) is 2. The van der Waals surface area contributed by atoms with Crippen LogP contribution in [0.15, 0.2) is 34.6 Å². The van der Waals surface area contributed by atoms with E-state index in [0.717, 1.165) is 52.3 Å². The average Bonchev–Trinajstić information content (AvgIpc) is 3.31. The Balaban J connectivity index is 1.42. The van der Waals surface area contributed by atoms with Crippen molar-refractivity contribution in [2.24, 2.45) is 33.0 Å². The molecule has 0 unspecified atom stereocenters. The lowest BCUT2D eigenvalue weighted by molar-refractivity contribution is -0.103. The zero-order valence-electron chi connectivity index (χ0n) is 17.7. The van der Waals surface area contributed by atoms with Crippen LogP contribution >= 0.6 is 22.7 Å². The Bertz CT molecular complexity index is 912. The van der Waals surface area contributed by atoms with Gasteiger partial charge in [-0.25, -0.2) is 0 Å². The molecule has 6 heteroatoms. The first kappa shape index (κ1) is 20.3. The van der Waals surface area contributed by atoms with Crippen LogP contribution in [0.25, 0.3) is 0 Å². The molecular formula is C24H30N2O2S2. The van der Waals surface area contributed by atoms with E-state index in [1.165, 1.54) is 41.9 Å². The van der Waals surface area contributed by atoms with E-state index in [1.807, 2.05) is 0 Å². The number of oxime groups is 2. The van der Waals surface area contributed by atoms with Crippen molar-refractivity contribution in [3.8, 4) is 0 Å². The molecule has 4 saturated carbocycles. The molecule has 30 heavy (non-hydrogen) atoms. The highest BCUT2D eigenvalue weighted by atomic mass is 32.1. The maximum Gasteiger partial charge on any atom is 0.0972 e. The second kappa shape index (κ2) is 7.49. The van der Waals surface area contributed by atoms with Gasteiger partial charge in [-0.15, -0.1) is 22.7 Å². The van der Waals surface area contributed by atoms with E-state index in [2.05, 4.69) is 48.4 Å². The van der Waals surface area contributed by atoms with Gasteiger partial charge >= 0.3 is 0 Å². The standard InChI is InChI=1S/C24H30N2O2S2/c1-15-3-5-21(29-15)19(25-27)12-23-8-17-7-18(9-23)11-24(10-17,14-23)13-20(26-28)22-6-4-16(2)30-22/h3-6,17-18,27-28H,7-14H2,1-2H3. The zero-order chi connectivity index (χ0) is 20.9. The van der Waals surface area contributed by atoms with E-state index in [9.17, 15) is 10.4 Å². The average molecular weight is 443 g/mol. The molecule has 4 nitrogen and oxygen atoms in total. The van der Waals surface area contributed by atoms with Crippen LogP contribution in [0.2, 0.25) is 0 Å². The summed E-state index contributed by atoms with van der Waals surface area (Å²) >= 11 is 3.44. The largest absolute Gasteiger partial charge is 0.411 e. The smallest absolute Gasteiger partial charge is 0.0972 e. The fraction of sp³-hybridized carbons (Fsp3) is 0.583. The zero-order valence-corrected chi connectivity index (χ0v) is 19.4. The van der Waals surface area contributed by atoms with Crippen molar-refractivity contribution in [3.63, 3.8) is 0 Å². The number of hydrogen-bond acceptors (Lipinski definition) is 6. The summed E-state index contributed by atoms with van der Waals surface area (Å²) in [6.45, 7) is 4.20. The third-order valence-corrected chi connectivity index (χ3v) is 9.78. The molecule has 2 aromatic heterocycles. The van der Waals surface area contributed by atoms with Gasteiger partial charge in [-0.05, 0) is 99.3 Å². The molecule has 0 aliphatic heterocycles. The monoisotopic (exact) mass is 442 g/mol. The molecule has 0 saturated heterocycles. The van der Waals surface area contributed by atoms with Crippen molar-refractivity contribution in [2.45, 2.75) is 65.2 Å². The minimum absolute atomic E-state index is 0.218. The van der Waals surface area contributed by atoms with Crippen LogP contribution in [-0.4, -0.2) is 21.8 Å². The predicted octanol–water partition coefficient (Wildman–Crippen LogP) is 6.85. The number of hydrogen-bond donors (Lipinski definition) is 2. The predicted molar refractivity (Wildman–Crippen MR) is 124 cm³/mol. The van der Waals surface area contributed by atoms with Gasteiger partial charge in [-0.1, -0.05) is 10.3 Å². The first-order valence-corrected chi connectivity index (χ1v) is 12.6. The van der Waals surface area contributed by atoms with Gasteiger partial charge in [0.2, 0.25) is 0 Å². The van der Waals surface area contributed by atoms with Crippen LogP contribution in [0.1, 0.15) is 70.9 Å². The Morgan fingerprint density at radius 2 is 1.27 bits per heavy atom. The second-order valence-corrected chi connectivity index (χ2v) is 12.8. The molecule has 4 bridgehead atoms. The SMILES string of the molecule is Cc1ccc(C(CC23CC4CC(C2)CC(CC(=NO)c2ccc(C)s2)(C4)C3)=NO)s1. The second-order valence-electron chi connectivity index (χ2n) is 10.2. The molecule has 0 spiro atoms. The first-order chi connectivity index (χ1) is 14.4. The van der Waals surface area contributed by atoms with E-state index >= 15 is 0 Å². The van der Waals surface area contributed by atoms with Crippen LogP contribution in [0.4, 0.5) is 0 Å². The van der Waals surface area contributed by atoms with E-state index in [1.54, 1.807) is 22.7 Å². The highest BCUT2D eigenvalue weighted by molar-refractivity contribution is 7.14. The molecule has 0 atom stereocenters. The summed E-state index contributed by atoms with van der Waals surface area (Å²) in [6.07, 6.45) is 9.22. The fourth-order valence-electron chi connectivity index (χ4n) is 7.30. The maximum absolute atomic E-state index is 9.83. The number of aryl methyl sites for hydroxylation is 2. The quantitative estimate of drug-likeness (QED) is 0.292. The Hall–Kier alpha value is -1.66. The van der Waals surface area contributed by atoms with Gasteiger partial charge in [0.25, 0.3) is 0 Å². The van der Waals surface area contributed by atoms with Crippen LogP contribution in [0.3, 0.4) is 0 Å². The highest BCUT2D eigenvalue weighted by Crippen LogP contribution is 2.67. The summed E-state index contributed by atoms with van der Waals surface area (Å²) in [6, 6.07) is 8.42. The molecule has 4 aliphatic rings. The van der Waals surface area contributed by atoms with Crippen molar-refractivity contribution in [1.29, 1.82) is 0 Å². The Morgan fingerprint density at radius 3 is 1.60 bits per heavy atom. The van der Waals surface area contributed by atoms with Crippen LogP contribution < -0.4 is 0 Å². The Morgan fingerprint density at radius 1 is 0.833 bits per heavy atom. The van der Waals surface area contributed by atoms with E-state index in [-0.39, 0.29) is 10.8 Å². The van der Waals surface area contributed by atoms with Gasteiger partial charge in [0, 0.05) is 22.6 Å². The van der Waals surface area contributed by atoms with Gasteiger partial charge in [-0.3, -0.25) is 0 Å². The molecular weight excluding hydrogens is 412 g/mol.